The number of benzene rings is 2. The largest absolute Gasteiger partial charge is 0.392 e. The molecule has 0 saturated heterocycles. The number of aryl methyl sites for hydroxylation is 1. The molecule has 0 spiro atoms. The first kappa shape index (κ1) is 17.9. The van der Waals surface area contributed by atoms with Crippen LogP contribution in [0.3, 0.4) is 0 Å². The van der Waals surface area contributed by atoms with E-state index < -0.39 is 18.2 Å². The van der Waals surface area contributed by atoms with Gasteiger partial charge in [-0.25, -0.2) is 8.78 Å². The summed E-state index contributed by atoms with van der Waals surface area (Å²) in [6.07, 6.45) is 0. The smallest absolute Gasteiger partial charge is 0.182 e. The molecule has 0 aliphatic carbocycles. The lowest BCUT2D eigenvalue weighted by Crippen LogP contribution is -2.27. The Morgan fingerprint density at radius 1 is 1.19 bits per heavy atom. The highest BCUT2D eigenvalue weighted by atomic mass is 19.2. The molecular formula is C20H19F2N3O. The number of anilines is 2. The number of rotatable bonds is 4. The predicted molar refractivity (Wildman–Crippen MR) is 97.3 cm³/mol. The highest BCUT2D eigenvalue weighted by Gasteiger charge is 2.24. The number of hydrogen-bond donors (Lipinski definition) is 2. The standard InChI is InChI=1S/C20H19F2N3O/c1-11(2)25(17-7-5-14(10-26)18(21)19(17)22)20-12(3)15-6-4-13(9-23)8-16(15)24-20/h4-8,11,24,26H,10H2,1-3H3. The molecule has 2 aromatic carbocycles. The van der Waals surface area contributed by atoms with E-state index in [9.17, 15) is 8.78 Å². The quantitative estimate of drug-likeness (QED) is 0.715. The maximum absolute atomic E-state index is 14.7. The summed E-state index contributed by atoms with van der Waals surface area (Å²) in [5, 5.41) is 19.1. The first-order chi connectivity index (χ1) is 12.4. The molecule has 2 N–H and O–H groups in total. The van der Waals surface area contributed by atoms with Gasteiger partial charge in [-0.3, -0.25) is 0 Å². The summed E-state index contributed by atoms with van der Waals surface area (Å²) in [7, 11) is 0. The second-order valence-corrected chi connectivity index (χ2v) is 6.46. The Labute approximate surface area is 150 Å². The van der Waals surface area contributed by atoms with Crippen LogP contribution in [-0.4, -0.2) is 16.1 Å². The van der Waals surface area contributed by atoms with Crippen molar-refractivity contribution < 1.29 is 13.9 Å². The van der Waals surface area contributed by atoms with Gasteiger partial charge in [-0.2, -0.15) is 5.26 Å². The molecule has 0 radical (unpaired) electrons. The van der Waals surface area contributed by atoms with Gasteiger partial charge >= 0.3 is 0 Å². The number of nitriles is 1. The monoisotopic (exact) mass is 355 g/mol. The first-order valence-corrected chi connectivity index (χ1v) is 8.28. The molecule has 1 heterocycles. The molecule has 4 nitrogen and oxygen atoms in total. The molecule has 0 fully saturated rings. The third-order valence-electron chi connectivity index (χ3n) is 4.49. The van der Waals surface area contributed by atoms with E-state index >= 15 is 0 Å². The van der Waals surface area contributed by atoms with Gasteiger partial charge in [0.15, 0.2) is 11.6 Å². The highest BCUT2D eigenvalue weighted by molar-refractivity contribution is 5.91. The zero-order valence-corrected chi connectivity index (χ0v) is 14.8. The van der Waals surface area contributed by atoms with Gasteiger partial charge in [0.1, 0.15) is 5.82 Å². The van der Waals surface area contributed by atoms with Crippen molar-refractivity contribution in [3.8, 4) is 6.07 Å². The fourth-order valence-corrected chi connectivity index (χ4v) is 3.18. The van der Waals surface area contributed by atoms with E-state index in [2.05, 4.69) is 11.1 Å². The number of H-pyrrole nitrogens is 1. The molecule has 6 heteroatoms. The van der Waals surface area contributed by atoms with Gasteiger partial charge in [0, 0.05) is 22.5 Å². The summed E-state index contributed by atoms with van der Waals surface area (Å²) in [4.78, 5) is 4.91. The molecule has 1 aromatic heterocycles. The fourth-order valence-electron chi connectivity index (χ4n) is 3.18. The molecule has 0 saturated carbocycles. The van der Waals surface area contributed by atoms with Gasteiger partial charge in [-0.05, 0) is 44.5 Å². The minimum atomic E-state index is -1.05. The van der Waals surface area contributed by atoms with Gasteiger partial charge in [0.05, 0.1) is 23.9 Å². The summed E-state index contributed by atoms with van der Waals surface area (Å²) in [6.45, 7) is 5.09. The van der Waals surface area contributed by atoms with Crippen LogP contribution in [0.4, 0.5) is 20.3 Å². The molecular weight excluding hydrogens is 336 g/mol. The van der Waals surface area contributed by atoms with E-state index in [1.165, 1.54) is 12.1 Å². The van der Waals surface area contributed by atoms with Crippen LogP contribution < -0.4 is 4.90 Å². The number of aliphatic hydroxyl groups is 1. The molecule has 26 heavy (non-hydrogen) atoms. The summed E-state index contributed by atoms with van der Waals surface area (Å²) < 4.78 is 28.9. The van der Waals surface area contributed by atoms with E-state index in [1.807, 2.05) is 26.8 Å². The van der Waals surface area contributed by atoms with Crippen molar-refractivity contribution in [1.29, 1.82) is 5.26 Å². The molecule has 134 valence electrons. The van der Waals surface area contributed by atoms with Crippen molar-refractivity contribution in [2.24, 2.45) is 0 Å². The number of halogens is 2. The highest BCUT2D eigenvalue weighted by Crippen LogP contribution is 2.37. The van der Waals surface area contributed by atoms with Gasteiger partial charge < -0.3 is 15.0 Å². The lowest BCUT2D eigenvalue weighted by molar-refractivity contribution is 0.273. The molecule has 0 aliphatic rings. The average molecular weight is 355 g/mol. The minimum absolute atomic E-state index is 0.0815. The maximum atomic E-state index is 14.7. The topological polar surface area (TPSA) is 63.0 Å². The van der Waals surface area contributed by atoms with Crippen molar-refractivity contribution in [2.75, 3.05) is 4.90 Å². The normalized spacial score (nSPS) is 11.2. The number of hydrogen-bond acceptors (Lipinski definition) is 3. The van der Waals surface area contributed by atoms with E-state index in [-0.39, 0.29) is 17.3 Å². The maximum Gasteiger partial charge on any atom is 0.182 e. The number of fused-ring (bicyclic) bond motifs is 1. The molecule has 0 atom stereocenters. The summed E-state index contributed by atoms with van der Waals surface area (Å²) in [5.74, 6) is -1.41. The molecule has 0 amide bonds. The van der Waals surface area contributed by atoms with Crippen LogP contribution in [0.15, 0.2) is 30.3 Å². The first-order valence-electron chi connectivity index (χ1n) is 8.28. The van der Waals surface area contributed by atoms with Crippen molar-refractivity contribution in [3.05, 3.63) is 58.7 Å². The Morgan fingerprint density at radius 3 is 2.54 bits per heavy atom. The lowest BCUT2D eigenvalue weighted by Gasteiger charge is -2.29. The van der Waals surface area contributed by atoms with Crippen molar-refractivity contribution in [3.63, 3.8) is 0 Å². The van der Waals surface area contributed by atoms with Gasteiger partial charge in [0.2, 0.25) is 0 Å². The third kappa shape index (κ3) is 2.80. The molecule has 0 unspecified atom stereocenters. The van der Waals surface area contributed by atoms with Crippen LogP contribution >= 0.6 is 0 Å². The summed E-state index contributed by atoms with van der Waals surface area (Å²) in [5.41, 5.74) is 2.16. The van der Waals surface area contributed by atoms with Crippen molar-refractivity contribution in [2.45, 2.75) is 33.4 Å². The van der Waals surface area contributed by atoms with Crippen LogP contribution in [0.5, 0.6) is 0 Å². The van der Waals surface area contributed by atoms with Crippen LogP contribution in [0, 0.1) is 29.9 Å². The summed E-state index contributed by atoms with van der Waals surface area (Å²) >= 11 is 0. The Hall–Kier alpha value is -2.91. The molecule has 0 aliphatic heterocycles. The lowest BCUT2D eigenvalue weighted by atomic mass is 10.1. The van der Waals surface area contributed by atoms with Crippen molar-refractivity contribution >= 4 is 22.4 Å². The number of aromatic amines is 1. The Bertz CT molecular complexity index is 1020. The van der Waals surface area contributed by atoms with Gasteiger partial charge in [0.25, 0.3) is 0 Å². The Kier molecular flexibility index (Phi) is 4.66. The van der Waals surface area contributed by atoms with E-state index in [1.54, 1.807) is 17.0 Å². The Morgan fingerprint density at radius 2 is 1.92 bits per heavy atom. The Balaban J connectivity index is 2.22. The predicted octanol–water partition coefficient (Wildman–Crippen LogP) is 4.67. The third-order valence-corrected chi connectivity index (χ3v) is 4.49. The number of nitrogens with zero attached hydrogens (tertiary/aromatic N) is 2. The SMILES string of the molecule is Cc1c(N(c2ccc(CO)c(F)c2F)C(C)C)[nH]c2cc(C#N)ccc12. The van der Waals surface area contributed by atoms with Gasteiger partial charge in [-0.1, -0.05) is 12.1 Å². The van der Waals surface area contributed by atoms with Crippen LogP contribution in [0.25, 0.3) is 10.9 Å². The van der Waals surface area contributed by atoms with Gasteiger partial charge in [-0.15, -0.1) is 0 Å². The van der Waals surface area contributed by atoms with Crippen LogP contribution in [0.1, 0.15) is 30.5 Å². The second kappa shape index (κ2) is 6.77. The van der Waals surface area contributed by atoms with Crippen molar-refractivity contribution in [1.82, 2.24) is 4.98 Å². The van der Waals surface area contributed by atoms with E-state index in [0.29, 0.717) is 11.4 Å². The number of aromatic nitrogens is 1. The zero-order valence-electron chi connectivity index (χ0n) is 14.8. The molecule has 3 aromatic rings. The second-order valence-electron chi connectivity index (χ2n) is 6.46. The number of nitrogens with one attached hydrogen (secondary N) is 1. The van der Waals surface area contributed by atoms with E-state index in [0.717, 1.165) is 16.5 Å². The van der Waals surface area contributed by atoms with E-state index in [4.69, 9.17) is 10.4 Å². The summed E-state index contributed by atoms with van der Waals surface area (Å²) in [6, 6.07) is 10.1. The fraction of sp³-hybridized carbons (Fsp3) is 0.250. The molecule has 0 bridgehead atoms. The molecule has 3 rings (SSSR count). The zero-order chi connectivity index (χ0) is 19.0. The number of aliphatic hydroxyl groups excluding tert-OH is 1. The minimum Gasteiger partial charge on any atom is -0.392 e. The van der Waals surface area contributed by atoms with Crippen LogP contribution in [-0.2, 0) is 6.61 Å². The average Bonchev–Trinajstić information content (AvgIpc) is 2.94. The van der Waals surface area contributed by atoms with Crippen LogP contribution in [0.2, 0.25) is 0 Å².